The molecule has 0 saturated heterocycles. The highest BCUT2D eigenvalue weighted by atomic mass is 19.4. The molecule has 138 valence electrons. The number of benzene rings is 2. The molecule has 1 saturated carbocycles. The minimum atomic E-state index is -4.44. The Balaban J connectivity index is 1.88. The lowest BCUT2D eigenvalue weighted by molar-refractivity contribution is -0.137. The van der Waals surface area contributed by atoms with Gasteiger partial charge in [0.05, 0.1) is 18.1 Å². The third kappa shape index (κ3) is 3.54. The summed E-state index contributed by atoms with van der Waals surface area (Å²) in [4.78, 5) is 13.0. The number of nitrogens with one attached hydrogen (secondary N) is 1. The van der Waals surface area contributed by atoms with Gasteiger partial charge in [-0.05, 0) is 48.7 Å². The van der Waals surface area contributed by atoms with E-state index in [1.807, 2.05) is 12.1 Å². The van der Waals surface area contributed by atoms with Crippen molar-refractivity contribution in [3.63, 3.8) is 0 Å². The summed E-state index contributed by atoms with van der Waals surface area (Å²) in [7, 11) is 1.57. The molecule has 6 heteroatoms. The first-order valence-electron chi connectivity index (χ1n) is 8.48. The van der Waals surface area contributed by atoms with Crippen LogP contribution in [0.2, 0.25) is 0 Å². The third-order valence-corrected chi connectivity index (χ3v) is 4.98. The Morgan fingerprint density at radius 1 is 1.08 bits per heavy atom. The van der Waals surface area contributed by atoms with Gasteiger partial charge >= 0.3 is 6.18 Å². The van der Waals surface area contributed by atoms with Gasteiger partial charge in [-0.15, -0.1) is 0 Å². The highest BCUT2D eigenvalue weighted by Gasteiger charge is 2.42. The normalized spacial score (nSPS) is 16.3. The van der Waals surface area contributed by atoms with Crippen LogP contribution in [0.1, 0.15) is 36.8 Å². The number of amides is 1. The zero-order valence-electron chi connectivity index (χ0n) is 14.4. The molecule has 26 heavy (non-hydrogen) atoms. The molecule has 1 aliphatic rings. The highest BCUT2D eigenvalue weighted by Crippen LogP contribution is 2.42. The van der Waals surface area contributed by atoms with Crippen LogP contribution in [-0.2, 0) is 16.4 Å². The predicted molar refractivity (Wildman–Crippen MR) is 93.2 cm³/mol. The zero-order chi connectivity index (χ0) is 18.8. The van der Waals surface area contributed by atoms with E-state index < -0.39 is 17.2 Å². The van der Waals surface area contributed by atoms with Gasteiger partial charge in [0.25, 0.3) is 0 Å². The summed E-state index contributed by atoms with van der Waals surface area (Å²) in [5.41, 5.74) is -0.481. The molecular weight excluding hydrogens is 343 g/mol. The molecule has 3 nitrogen and oxygen atoms in total. The van der Waals surface area contributed by atoms with E-state index in [4.69, 9.17) is 4.74 Å². The molecule has 0 heterocycles. The molecule has 0 spiro atoms. The van der Waals surface area contributed by atoms with E-state index in [1.54, 1.807) is 19.2 Å². The van der Waals surface area contributed by atoms with Gasteiger partial charge in [0.1, 0.15) is 5.75 Å². The van der Waals surface area contributed by atoms with Crippen molar-refractivity contribution in [3.8, 4) is 5.75 Å². The minimum absolute atomic E-state index is 0.157. The Morgan fingerprint density at radius 3 is 2.31 bits per heavy atom. The largest absolute Gasteiger partial charge is 0.497 e. The summed E-state index contributed by atoms with van der Waals surface area (Å²) < 4.78 is 43.8. The van der Waals surface area contributed by atoms with Gasteiger partial charge in [0.2, 0.25) is 5.91 Å². The Morgan fingerprint density at radius 2 is 1.73 bits per heavy atom. The molecule has 2 aromatic carbocycles. The number of carbonyl (C=O) groups excluding carboxylic acids is 1. The van der Waals surface area contributed by atoms with Crippen molar-refractivity contribution in [2.24, 2.45) is 0 Å². The van der Waals surface area contributed by atoms with Crippen LogP contribution >= 0.6 is 0 Å². The van der Waals surface area contributed by atoms with E-state index in [0.717, 1.165) is 30.5 Å². The van der Waals surface area contributed by atoms with Gasteiger partial charge in [0.15, 0.2) is 0 Å². The first kappa shape index (κ1) is 18.3. The molecule has 1 amide bonds. The van der Waals surface area contributed by atoms with Crippen LogP contribution in [0.5, 0.6) is 5.75 Å². The Kier molecular flexibility index (Phi) is 4.94. The molecule has 3 rings (SSSR count). The minimum Gasteiger partial charge on any atom is -0.497 e. The number of halogens is 3. The predicted octanol–water partition coefficient (Wildman–Crippen LogP) is 5.16. The molecule has 1 fully saturated rings. The van der Waals surface area contributed by atoms with Crippen molar-refractivity contribution in [2.75, 3.05) is 12.4 Å². The zero-order valence-corrected chi connectivity index (χ0v) is 14.4. The molecule has 1 aliphatic carbocycles. The standard InChI is InChI=1S/C20H20F3NO2/c1-26-17-9-7-14(8-10-17)19(11-2-3-12-19)18(25)24-16-6-4-5-15(13-16)20(21,22)23/h4-10,13H,2-3,11-12H2,1H3,(H,24,25). The number of anilines is 1. The summed E-state index contributed by atoms with van der Waals surface area (Å²) in [6.07, 6.45) is -1.29. The lowest BCUT2D eigenvalue weighted by Crippen LogP contribution is -2.38. The van der Waals surface area contributed by atoms with Gasteiger partial charge in [-0.3, -0.25) is 4.79 Å². The second-order valence-electron chi connectivity index (χ2n) is 6.55. The van der Waals surface area contributed by atoms with Crippen molar-refractivity contribution in [1.29, 1.82) is 0 Å². The molecule has 0 aliphatic heterocycles. The number of hydrogen-bond acceptors (Lipinski definition) is 2. The van der Waals surface area contributed by atoms with Gasteiger partial charge < -0.3 is 10.1 Å². The first-order chi connectivity index (χ1) is 12.3. The number of hydrogen-bond donors (Lipinski definition) is 1. The molecule has 0 bridgehead atoms. The number of rotatable bonds is 4. The number of carbonyl (C=O) groups is 1. The maximum Gasteiger partial charge on any atom is 0.416 e. The summed E-state index contributed by atoms with van der Waals surface area (Å²) in [5, 5.41) is 2.69. The Hall–Kier alpha value is -2.50. The lowest BCUT2D eigenvalue weighted by Gasteiger charge is -2.28. The molecule has 2 aromatic rings. The van der Waals surface area contributed by atoms with E-state index in [9.17, 15) is 18.0 Å². The van der Waals surface area contributed by atoms with E-state index >= 15 is 0 Å². The topological polar surface area (TPSA) is 38.3 Å². The number of alkyl halides is 3. The summed E-state index contributed by atoms with van der Waals surface area (Å²) in [5.74, 6) is 0.430. The summed E-state index contributed by atoms with van der Waals surface area (Å²) >= 11 is 0. The van der Waals surface area contributed by atoms with Crippen LogP contribution in [0.3, 0.4) is 0 Å². The third-order valence-electron chi connectivity index (χ3n) is 4.98. The van der Waals surface area contributed by atoms with E-state index in [0.29, 0.717) is 18.6 Å². The van der Waals surface area contributed by atoms with Crippen LogP contribution in [0.25, 0.3) is 0 Å². The van der Waals surface area contributed by atoms with Gasteiger partial charge in [-0.25, -0.2) is 0 Å². The van der Waals surface area contributed by atoms with Crippen molar-refractivity contribution < 1.29 is 22.7 Å². The highest BCUT2D eigenvalue weighted by molar-refractivity contribution is 5.99. The van der Waals surface area contributed by atoms with Crippen molar-refractivity contribution in [2.45, 2.75) is 37.3 Å². The maximum atomic E-state index is 13.0. The SMILES string of the molecule is COc1ccc(C2(C(=O)Nc3cccc(C(F)(F)F)c3)CCCC2)cc1. The van der Waals surface area contributed by atoms with Crippen molar-refractivity contribution >= 4 is 11.6 Å². The van der Waals surface area contributed by atoms with Gasteiger partial charge in [0, 0.05) is 5.69 Å². The van der Waals surface area contributed by atoms with Crippen molar-refractivity contribution in [3.05, 3.63) is 59.7 Å². The number of methoxy groups -OCH3 is 1. The quantitative estimate of drug-likeness (QED) is 0.814. The Bertz CT molecular complexity index is 778. The van der Waals surface area contributed by atoms with Crippen LogP contribution in [-0.4, -0.2) is 13.0 Å². The molecule has 0 unspecified atom stereocenters. The average molecular weight is 363 g/mol. The molecule has 0 radical (unpaired) electrons. The second-order valence-corrected chi connectivity index (χ2v) is 6.55. The fraction of sp³-hybridized carbons (Fsp3) is 0.350. The van der Waals surface area contributed by atoms with Gasteiger partial charge in [-0.1, -0.05) is 31.0 Å². The maximum absolute atomic E-state index is 13.0. The smallest absolute Gasteiger partial charge is 0.416 e. The average Bonchev–Trinajstić information content (AvgIpc) is 3.12. The lowest BCUT2D eigenvalue weighted by atomic mass is 9.78. The Labute approximate surface area is 150 Å². The van der Waals surface area contributed by atoms with E-state index in [1.165, 1.54) is 12.1 Å². The number of ether oxygens (including phenoxy) is 1. The fourth-order valence-electron chi connectivity index (χ4n) is 3.56. The summed E-state index contributed by atoms with van der Waals surface area (Å²) in [6, 6.07) is 12.0. The van der Waals surface area contributed by atoms with Crippen LogP contribution < -0.4 is 10.1 Å². The fourth-order valence-corrected chi connectivity index (χ4v) is 3.56. The monoisotopic (exact) mass is 363 g/mol. The molecule has 0 aromatic heterocycles. The van der Waals surface area contributed by atoms with Crippen molar-refractivity contribution in [1.82, 2.24) is 0 Å². The summed E-state index contributed by atoms with van der Waals surface area (Å²) in [6.45, 7) is 0. The second kappa shape index (κ2) is 7.02. The molecule has 1 N–H and O–H groups in total. The first-order valence-corrected chi connectivity index (χ1v) is 8.48. The van der Waals surface area contributed by atoms with E-state index in [2.05, 4.69) is 5.32 Å². The molecular formula is C20H20F3NO2. The van der Waals surface area contributed by atoms with Gasteiger partial charge in [-0.2, -0.15) is 13.2 Å². The van der Waals surface area contributed by atoms with E-state index in [-0.39, 0.29) is 11.6 Å². The van der Waals surface area contributed by atoms with Crippen LogP contribution in [0.4, 0.5) is 18.9 Å². The molecule has 0 atom stereocenters. The van der Waals surface area contributed by atoms with Crippen LogP contribution in [0.15, 0.2) is 48.5 Å². The van der Waals surface area contributed by atoms with Crippen LogP contribution in [0, 0.1) is 0 Å².